The second-order valence-corrected chi connectivity index (χ2v) is 2.36. The van der Waals surface area contributed by atoms with Crippen molar-refractivity contribution in [1.29, 1.82) is 0 Å². The van der Waals surface area contributed by atoms with Gasteiger partial charge < -0.3 is 0 Å². The first-order valence-corrected chi connectivity index (χ1v) is 3.00. The van der Waals surface area contributed by atoms with E-state index in [2.05, 4.69) is 0 Å². The second kappa shape index (κ2) is 14.3. The van der Waals surface area contributed by atoms with Crippen molar-refractivity contribution in [2.45, 2.75) is 4.90 Å². The maximum Gasteiger partial charge on any atom is 0.0406 e. The van der Waals surface area contributed by atoms with Crippen molar-refractivity contribution in [1.82, 2.24) is 0 Å². The molecule has 0 saturated carbocycles. The fourth-order valence-corrected chi connectivity index (χ4v) is 0.697. The van der Waals surface area contributed by atoms with Crippen molar-refractivity contribution < 1.29 is 18.8 Å². The van der Waals surface area contributed by atoms with Crippen LogP contribution in [0.4, 0.5) is 18.8 Å². The van der Waals surface area contributed by atoms with E-state index in [9.17, 15) is 0 Å². The predicted octanol–water partition coefficient (Wildman–Crippen LogP) is 3.93. The summed E-state index contributed by atoms with van der Waals surface area (Å²) < 4.78 is 0. The summed E-state index contributed by atoms with van der Waals surface area (Å²) in [6.45, 7) is 0. The average molecular weight is 260 g/mol. The van der Waals surface area contributed by atoms with Gasteiger partial charge in [0, 0.05) is 9.92 Å². The highest BCUT2D eigenvalue weighted by atomic mass is 35.5. The van der Waals surface area contributed by atoms with Crippen molar-refractivity contribution in [3.05, 3.63) is 29.3 Å². The zero-order chi connectivity index (χ0) is 5.98. The van der Waals surface area contributed by atoms with E-state index in [1.54, 1.807) is 24.3 Å². The Balaban J connectivity index is -0.0000000427. The molecule has 0 bridgehead atoms. The Bertz CT molecular complexity index is 161. The molecule has 81 valence electrons. The molecule has 0 aliphatic heterocycles. The summed E-state index contributed by atoms with van der Waals surface area (Å²) in [6.07, 6.45) is 0. The van der Waals surface area contributed by atoms with Gasteiger partial charge in [-0.3, -0.25) is 18.8 Å². The van der Waals surface area contributed by atoms with Crippen LogP contribution in [0.25, 0.3) is 0 Å². The maximum atomic E-state index is 5.57. The van der Waals surface area contributed by atoms with E-state index in [1.165, 1.54) is 0 Å². The predicted molar refractivity (Wildman–Crippen MR) is 54.6 cm³/mol. The van der Waals surface area contributed by atoms with Crippen LogP contribution in [0.3, 0.4) is 0 Å². The highest BCUT2D eigenvalue weighted by Crippen LogP contribution is 2.11. The topological polar surface area (TPSA) is 0 Å². The lowest BCUT2D eigenvalue weighted by Gasteiger charge is -1.86. The molecule has 1 aromatic carbocycles. The summed E-state index contributed by atoms with van der Waals surface area (Å²) in [5, 5.41) is 0.735. The third kappa shape index (κ3) is 11.7. The summed E-state index contributed by atoms with van der Waals surface area (Å²) in [6, 6.07) is 7.17. The average Bonchev–Trinajstić information content (AvgIpc) is 1.77. The molecule has 0 spiro atoms. The van der Waals surface area contributed by atoms with Gasteiger partial charge in [-0.05, 0) is 24.3 Å². The van der Waals surface area contributed by atoms with Crippen LogP contribution in [-0.4, -0.2) is 0 Å². The van der Waals surface area contributed by atoms with Gasteiger partial charge >= 0.3 is 0 Å². The SMILES string of the molecule is Cl.F.F.F.F.[S]c1ccc(Cl)cc1. The summed E-state index contributed by atoms with van der Waals surface area (Å²) in [7, 11) is 0. The van der Waals surface area contributed by atoms with Crippen molar-refractivity contribution in [2.75, 3.05) is 0 Å². The van der Waals surface area contributed by atoms with Crippen LogP contribution >= 0.6 is 36.6 Å². The Morgan fingerprint density at radius 1 is 0.846 bits per heavy atom. The first kappa shape index (κ1) is 29.3. The Kier molecular flexibility index (Phi) is 32.2. The molecule has 13 heavy (non-hydrogen) atoms. The molecule has 0 amide bonds. The first-order chi connectivity index (χ1) is 3.79. The summed E-state index contributed by atoms with van der Waals surface area (Å²) in [5.74, 6) is 0. The Morgan fingerprint density at radius 3 is 1.38 bits per heavy atom. The van der Waals surface area contributed by atoms with Crippen molar-refractivity contribution >= 4 is 36.6 Å². The van der Waals surface area contributed by atoms with Gasteiger partial charge in [-0.25, -0.2) is 0 Å². The largest absolute Gasteiger partial charge is 0.269 e. The van der Waals surface area contributed by atoms with Crippen LogP contribution in [-0.2, 0) is 0 Å². The summed E-state index contributed by atoms with van der Waals surface area (Å²) >= 11 is 10.4. The van der Waals surface area contributed by atoms with Crippen LogP contribution in [0, 0.1) is 0 Å². The van der Waals surface area contributed by atoms with Crippen molar-refractivity contribution in [3.8, 4) is 0 Å². The monoisotopic (exact) mass is 259 g/mol. The van der Waals surface area contributed by atoms with E-state index in [-0.39, 0.29) is 31.2 Å². The Morgan fingerprint density at radius 2 is 1.15 bits per heavy atom. The minimum absolute atomic E-state index is 0. The number of rotatable bonds is 0. The van der Waals surface area contributed by atoms with E-state index in [4.69, 9.17) is 24.2 Å². The molecule has 0 atom stereocenters. The van der Waals surface area contributed by atoms with E-state index in [0.717, 1.165) is 9.92 Å². The van der Waals surface area contributed by atoms with Crippen molar-refractivity contribution in [2.24, 2.45) is 0 Å². The van der Waals surface area contributed by atoms with E-state index in [0.29, 0.717) is 0 Å². The van der Waals surface area contributed by atoms with E-state index >= 15 is 0 Å². The summed E-state index contributed by atoms with van der Waals surface area (Å²) in [4.78, 5) is 0.828. The molecule has 7 heteroatoms. The second-order valence-electron chi connectivity index (χ2n) is 1.45. The van der Waals surface area contributed by atoms with Gasteiger partial charge in [-0.1, -0.05) is 24.2 Å². The number of halogens is 6. The highest BCUT2D eigenvalue weighted by molar-refractivity contribution is 7.80. The minimum Gasteiger partial charge on any atom is -0.269 e. The Labute approximate surface area is 90.0 Å². The normalized spacial score (nSPS) is 5.62. The third-order valence-electron chi connectivity index (χ3n) is 0.814. The van der Waals surface area contributed by atoms with Gasteiger partial charge in [0.1, 0.15) is 0 Å². The first-order valence-electron chi connectivity index (χ1n) is 2.21. The Hall–Kier alpha value is -0.260. The standard InChI is InChI=1S/C6H4ClS.ClH.4FH/c7-5-1-3-6(8)4-2-5;;;;;/h1-4H;5*1H. The molecular weight excluding hydrogens is 251 g/mol. The molecule has 1 aromatic rings. The zero-order valence-electron chi connectivity index (χ0n) is 6.14. The third-order valence-corrected chi connectivity index (χ3v) is 1.34. The van der Waals surface area contributed by atoms with Gasteiger partial charge in [0.2, 0.25) is 0 Å². The van der Waals surface area contributed by atoms with Gasteiger partial charge in [-0.2, -0.15) is 0 Å². The summed E-state index contributed by atoms with van der Waals surface area (Å²) in [5.41, 5.74) is 0. The molecule has 0 aromatic heterocycles. The van der Waals surface area contributed by atoms with E-state index in [1.807, 2.05) is 0 Å². The maximum absolute atomic E-state index is 5.57. The molecule has 0 aliphatic rings. The fraction of sp³-hybridized carbons (Fsp3) is 0. The van der Waals surface area contributed by atoms with Crippen LogP contribution in [0.1, 0.15) is 0 Å². The van der Waals surface area contributed by atoms with Crippen LogP contribution < -0.4 is 0 Å². The molecule has 0 nitrogen and oxygen atoms in total. The lowest BCUT2D eigenvalue weighted by atomic mass is 10.4. The lowest BCUT2D eigenvalue weighted by molar-refractivity contribution is 1.11. The molecule has 0 fully saturated rings. The molecule has 1 radical (unpaired) electrons. The highest BCUT2D eigenvalue weighted by Gasteiger charge is 1.83. The zero-order valence-corrected chi connectivity index (χ0v) is 8.53. The fourth-order valence-electron chi connectivity index (χ4n) is 0.435. The van der Waals surface area contributed by atoms with Gasteiger partial charge in [0.05, 0.1) is 0 Å². The number of benzene rings is 1. The molecule has 1 rings (SSSR count). The quantitative estimate of drug-likeness (QED) is 0.620. The van der Waals surface area contributed by atoms with Gasteiger partial charge in [-0.15, -0.1) is 12.4 Å². The van der Waals surface area contributed by atoms with Crippen LogP contribution in [0.5, 0.6) is 0 Å². The minimum atomic E-state index is 0. The van der Waals surface area contributed by atoms with Gasteiger partial charge in [0.25, 0.3) is 0 Å². The molecule has 0 unspecified atom stereocenters. The molecule has 0 aliphatic carbocycles. The smallest absolute Gasteiger partial charge is 0.0406 e. The number of hydrogen-bond donors (Lipinski definition) is 0. The van der Waals surface area contributed by atoms with Crippen LogP contribution in [0.2, 0.25) is 5.02 Å². The molecule has 0 N–H and O–H groups in total. The number of hydrogen-bond acceptors (Lipinski definition) is 0. The lowest BCUT2D eigenvalue weighted by Crippen LogP contribution is -1.61. The van der Waals surface area contributed by atoms with E-state index < -0.39 is 0 Å². The molecule has 0 saturated heterocycles. The molecular formula is C6H9Cl2F4S. The van der Waals surface area contributed by atoms with Crippen LogP contribution in [0.15, 0.2) is 29.2 Å². The van der Waals surface area contributed by atoms with Gasteiger partial charge in [0.15, 0.2) is 0 Å². The van der Waals surface area contributed by atoms with Crippen molar-refractivity contribution in [3.63, 3.8) is 0 Å². The molecule has 0 heterocycles.